The van der Waals surface area contributed by atoms with Crippen LogP contribution in [-0.4, -0.2) is 54.7 Å². The Hall–Kier alpha value is -2.37. The maximum atomic E-state index is 6.60. The molecule has 5 nitrogen and oxygen atoms in total. The zero-order valence-corrected chi connectivity index (χ0v) is 19.7. The molecule has 4 rings (SSSR count). The van der Waals surface area contributed by atoms with Crippen LogP contribution >= 0.6 is 0 Å². The van der Waals surface area contributed by atoms with Crippen LogP contribution in [0, 0.1) is 0 Å². The van der Waals surface area contributed by atoms with Crippen molar-refractivity contribution in [1.29, 1.82) is 0 Å². The fourth-order valence-corrected chi connectivity index (χ4v) is 4.88. The third-order valence-electron chi connectivity index (χ3n) is 6.35. The van der Waals surface area contributed by atoms with Gasteiger partial charge in [-0.1, -0.05) is 74.0 Å². The summed E-state index contributed by atoms with van der Waals surface area (Å²) in [5.41, 5.74) is 2.52. The van der Waals surface area contributed by atoms with Gasteiger partial charge >= 0.3 is 0 Å². The molecule has 0 spiro atoms. The van der Waals surface area contributed by atoms with Crippen LogP contribution in [0.4, 0.5) is 0 Å². The Bertz CT molecular complexity index is 884. The molecule has 0 aliphatic carbocycles. The Balaban J connectivity index is 1.74. The van der Waals surface area contributed by atoms with E-state index in [0.717, 1.165) is 32.2 Å². The van der Waals surface area contributed by atoms with Crippen LogP contribution in [0.3, 0.4) is 0 Å². The van der Waals surface area contributed by atoms with Crippen LogP contribution in [0.5, 0.6) is 0 Å². The van der Waals surface area contributed by atoms with Gasteiger partial charge in [0, 0.05) is 6.54 Å². The van der Waals surface area contributed by atoms with Gasteiger partial charge in [0.15, 0.2) is 5.79 Å². The van der Waals surface area contributed by atoms with E-state index in [9.17, 15) is 0 Å². The van der Waals surface area contributed by atoms with Crippen LogP contribution < -0.4 is 0 Å². The summed E-state index contributed by atoms with van der Waals surface area (Å²) >= 11 is 0. The molecule has 5 heteroatoms. The molecule has 0 bridgehead atoms. The predicted octanol–water partition coefficient (Wildman–Crippen LogP) is 4.85. The first-order valence-electron chi connectivity index (χ1n) is 11.8. The maximum Gasteiger partial charge on any atom is 0.287 e. The zero-order valence-electron chi connectivity index (χ0n) is 19.7. The topological polar surface area (TPSA) is 43.3 Å². The van der Waals surface area contributed by atoms with Gasteiger partial charge in [-0.05, 0) is 44.2 Å². The summed E-state index contributed by atoms with van der Waals surface area (Å²) in [6.07, 6.45) is 3.57. The molecule has 2 aliphatic heterocycles. The number of nitrogens with zero attached hydrogens (tertiary/aromatic N) is 2. The average Bonchev–Trinajstić information content (AvgIpc) is 3.08. The van der Waals surface area contributed by atoms with Gasteiger partial charge in [-0.2, -0.15) is 0 Å². The SMILES string of the molecule is CCCCN1C(OC)=NC(Cc2ccccc2)C2OC(C)(C)OC2C1Cc1ccccc1. The fourth-order valence-electron chi connectivity index (χ4n) is 4.88. The van der Waals surface area contributed by atoms with Crippen molar-refractivity contribution >= 4 is 6.02 Å². The third kappa shape index (κ3) is 5.16. The lowest BCUT2D eigenvalue weighted by Gasteiger charge is -2.36. The number of rotatable bonds is 7. The molecule has 2 aliphatic rings. The van der Waals surface area contributed by atoms with Gasteiger partial charge in [0.05, 0.1) is 19.2 Å². The molecular weight excluding hydrogens is 400 g/mol. The minimum absolute atomic E-state index is 0.0789. The quantitative estimate of drug-likeness (QED) is 0.623. The number of ether oxygens (including phenoxy) is 3. The summed E-state index contributed by atoms with van der Waals surface area (Å²) in [4.78, 5) is 7.46. The Morgan fingerprint density at radius 3 is 2.09 bits per heavy atom. The molecule has 172 valence electrons. The van der Waals surface area contributed by atoms with E-state index in [1.54, 1.807) is 7.11 Å². The number of hydrogen-bond donors (Lipinski definition) is 0. The average molecular weight is 437 g/mol. The van der Waals surface area contributed by atoms with E-state index in [2.05, 4.69) is 66.4 Å². The number of amidine groups is 1. The number of methoxy groups -OCH3 is 1. The van der Waals surface area contributed by atoms with Crippen LogP contribution in [0.2, 0.25) is 0 Å². The highest BCUT2D eigenvalue weighted by Gasteiger charge is 2.52. The third-order valence-corrected chi connectivity index (χ3v) is 6.35. The molecular formula is C27H36N2O3. The summed E-state index contributed by atoms with van der Waals surface area (Å²) < 4.78 is 19.0. The first-order valence-corrected chi connectivity index (χ1v) is 11.8. The van der Waals surface area contributed by atoms with E-state index in [1.165, 1.54) is 11.1 Å². The molecule has 2 aromatic carbocycles. The highest BCUT2D eigenvalue weighted by Crippen LogP contribution is 2.38. The van der Waals surface area contributed by atoms with Gasteiger partial charge in [-0.25, -0.2) is 4.99 Å². The smallest absolute Gasteiger partial charge is 0.287 e. The summed E-state index contributed by atoms with van der Waals surface area (Å²) in [7, 11) is 1.73. The molecule has 0 amide bonds. The first kappa shape index (κ1) is 22.8. The number of unbranched alkanes of at least 4 members (excludes halogenated alkanes) is 1. The molecule has 32 heavy (non-hydrogen) atoms. The van der Waals surface area contributed by atoms with Gasteiger partial charge in [-0.3, -0.25) is 0 Å². The molecule has 1 fully saturated rings. The van der Waals surface area contributed by atoms with Gasteiger partial charge < -0.3 is 19.1 Å². The second kappa shape index (κ2) is 10.1. The minimum atomic E-state index is -0.643. The molecule has 0 saturated carbocycles. The van der Waals surface area contributed by atoms with Crippen LogP contribution in [0.15, 0.2) is 65.7 Å². The predicted molar refractivity (Wildman–Crippen MR) is 128 cm³/mol. The van der Waals surface area contributed by atoms with Crippen molar-refractivity contribution in [3.8, 4) is 0 Å². The highest BCUT2D eigenvalue weighted by atomic mass is 16.8. The molecule has 4 atom stereocenters. The molecule has 0 aromatic heterocycles. The Morgan fingerprint density at radius 1 is 0.906 bits per heavy atom. The lowest BCUT2D eigenvalue weighted by atomic mass is 9.91. The Labute approximate surface area is 192 Å². The monoisotopic (exact) mass is 436 g/mol. The standard InChI is InChI=1S/C27H36N2O3/c1-5-6-17-29-23(19-21-15-11-8-12-16-21)25-24(31-27(2,3)32-25)22(28-26(29)30-4)18-20-13-9-7-10-14-20/h7-16,22-25H,5-6,17-19H2,1-4H3. The Morgan fingerprint density at radius 2 is 1.50 bits per heavy atom. The van der Waals surface area contributed by atoms with E-state index in [-0.39, 0.29) is 24.3 Å². The molecule has 0 N–H and O–H groups in total. The van der Waals surface area contributed by atoms with Crippen molar-refractivity contribution in [3.05, 3.63) is 71.8 Å². The fraction of sp³-hybridized carbons (Fsp3) is 0.519. The van der Waals surface area contributed by atoms with Gasteiger partial charge in [-0.15, -0.1) is 0 Å². The first-order chi connectivity index (χ1) is 15.5. The van der Waals surface area contributed by atoms with Crippen LogP contribution in [0.1, 0.15) is 44.7 Å². The summed E-state index contributed by atoms with van der Waals surface area (Å²) in [6.45, 7) is 7.12. The van der Waals surface area contributed by atoms with Crippen molar-refractivity contribution in [3.63, 3.8) is 0 Å². The largest absolute Gasteiger partial charge is 0.468 e. The Kier molecular flexibility index (Phi) is 7.17. The summed E-state index contributed by atoms with van der Waals surface area (Å²) in [5, 5.41) is 0. The van der Waals surface area contributed by atoms with E-state index in [0.29, 0.717) is 6.02 Å². The van der Waals surface area contributed by atoms with E-state index in [4.69, 9.17) is 19.2 Å². The van der Waals surface area contributed by atoms with Gasteiger partial charge in [0.2, 0.25) is 0 Å². The molecule has 2 heterocycles. The van der Waals surface area contributed by atoms with Crippen LogP contribution in [-0.2, 0) is 27.1 Å². The lowest BCUT2D eigenvalue weighted by molar-refractivity contribution is -0.152. The van der Waals surface area contributed by atoms with Crippen molar-refractivity contribution in [1.82, 2.24) is 4.90 Å². The summed E-state index contributed by atoms with van der Waals surface area (Å²) in [5.74, 6) is -0.643. The molecule has 0 radical (unpaired) electrons. The molecule has 2 aromatic rings. The molecule has 1 saturated heterocycles. The van der Waals surface area contributed by atoms with E-state index >= 15 is 0 Å². The van der Waals surface area contributed by atoms with Crippen molar-refractivity contribution in [2.45, 2.75) is 76.5 Å². The van der Waals surface area contributed by atoms with Gasteiger partial charge in [0.25, 0.3) is 6.02 Å². The second-order valence-electron chi connectivity index (χ2n) is 9.24. The minimum Gasteiger partial charge on any atom is -0.468 e. The number of fused-ring (bicyclic) bond motifs is 1. The number of hydrogen-bond acceptors (Lipinski definition) is 5. The zero-order chi connectivity index (χ0) is 22.6. The van der Waals surface area contributed by atoms with E-state index < -0.39 is 5.79 Å². The number of benzene rings is 2. The molecule has 4 unspecified atom stereocenters. The highest BCUT2D eigenvalue weighted by molar-refractivity contribution is 5.75. The maximum absolute atomic E-state index is 6.60. The van der Waals surface area contributed by atoms with Crippen LogP contribution in [0.25, 0.3) is 0 Å². The van der Waals surface area contributed by atoms with Crippen molar-refractivity contribution in [2.75, 3.05) is 13.7 Å². The second-order valence-corrected chi connectivity index (χ2v) is 9.24. The van der Waals surface area contributed by atoms with Gasteiger partial charge in [0.1, 0.15) is 12.2 Å². The normalized spacial score (nSPS) is 26.9. The number of aliphatic imine (C=N–C) groups is 1. The summed E-state index contributed by atoms with van der Waals surface area (Å²) in [6, 6.07) is 21.8. The van der Waals surface area contributed by atoms with Crippen molar-refractivity contribution in [2.24, 2.45) is 4.99 Å². The van der Waals surface area contributed by atoms with E-state index in [1.807, 2.05) is 19.9 Å². The van der Waals surface area contributed by atoms with Crippen molar-refractivity contribution < 1.29 is 14.2 Å². The lowest BCUT2D eigenvalue weighted by Crippen LogP contribution is -2.51.